The maximum Gasteiger partial charge on any atom is 0.274 e. The highest BCUT2D eigenvalue weighted by Crippen LogP contribution is 1.95. The molecule has 66 valence electrons. The van der Waals surface area contributed by atoms with Crippen LogP contribution in [0.25, 0.3) is 0 Å². The van der Waals surface area contributed by atoms with Gasteiger partial charge < -0.3 is 24.0 Å². The summed E-state index contributed by atoms with van der Waals surface area (Å²) in [7, 11) is 1.91. The first-order valence-electron chi connectivity index (χ1n) is 3.13. The van der Waals surface area contributed by atoms with Crippen LogP contribution in [-0.2, 0) is 7.05 Å². The number of pyridine rings is 1. The van der Waals surface area contributed by atoms with Gasteiger partial charge in [-0.3, -0.25) is 0 Å². The lowest BCUT2D eigenvalue weighted by Gasteiger charge is -1.84. The first-order chi connectivity index (χ1) is 5.22. The van der Waals surface area contributed by atoms with E-state index in [0.717, 1.165) is 5.15 Å². The van der Waals surface area contributed by atoms with Gasteiger partial charge in [-0.15, -0.1) is 0 Å². The highest BCUT2D eigenvalue weighted by Gasteiger charge is 1.94. The Hall–Kier alpha value is -0.340. The zero-order chi connectivity index (χ0) is 8.69. The van der Waals surface area contributed by atoms with E-state index >= 15 is 0 Å². The van der Waals surface area contributed by atoms with Gasteiger partial charge >= 0.3 is 0 Å². The van der Waals surface area contributed by atoms with E-state index in [1.165, 1.54) is 6.92 Å². The average Bonchev–Trinajstić information content (AvgIpc) is 1.97. The van der Waals surface area contributed by atoms with E-state index in [1.54, 1.807) is 6.07 Å². The van der Waals surface area contributed by atoms with Crippen LogP contribution in [0.3, 0.4) is 0 Å². The Bertz CT molecular complexity index is 236. The molecule has 0 saturated heterocycles. The smallest absolute Gasteiger partial charge is 0.274 e. The highest BCUT2D eigenvalue weighted by molar-refractivity contribution is 6.28. The maximum absolute atomic E-state index is 7.32. The first kappa shape index (κ1) is 14.2. The summed E-state index contributed by atoms with van der Waals surface area (Å²) in [6.07, 6.45) is 1.91. The van der Waals surface area contributed by atoms with Crippen LogP contribution in [0.2, 0.25) is 5.15 Å². The van der Waals surface area contributed by atoms with E-state index in [4.69, 9.17) is 16.9 Å². The molecule has 2 nitrogen and oxygen atoms in total. The fraction of sp³-hybridized carbons (Fsp3) is 0.250. The topological polar surface area (TPSA) is 27.7 Å². The number of hydrogen-bond acceptors (Lipinski definition) is 1. The van der Waals surface area contributed by atoms with E-state index in [0.29, 0.717) is 0 Å². The second kappa shape index (κ2) is 8.75. The van der Waals surface area contributed by atoms with Crippen molar-refractivity contribution in [3.63, 3.8) is 0 Å². The third-order valence-electron chi connectivity index (χ3n) is 0.991. The second-order valence-electron chi connectivity index (χ2n) is 1.86. The number of nitriles is 1. The number of hydrogen-bond donors (Lipinski definition) is 0. The molecular weight excluding hydrogens is 286 g/mol. The molecule has 0 unspecified atom stereocenters. The van der Waals surface area contributed by atoms with Crippen molar-refractivity contribution in [1.29, 1.82) is 5.26 Å². The second-order valence-corrected chi connectivity index (χ2v) is 2.25. The lowest BCUT2D eigenvalue weighted by Crippen LogP contribution is -3.00. The van der Waals surface area contributed by atoms with E-state index < -0.39 is 0 Å². The van der Waals surface area contributed by atoms with Crippen molar-refractivity contribution in [3.05, 3.63) is 29.5 Å². The van der Waals surface area contributed by atoms with Crippen molar-refractivity contribution >= 4 is 11.6 Å². The summed E-state index contributed by atoms with van der Waals surface area (Å²) < 4.78 is 1.85. The van der Waals surface area contributed by atoms with Crippen molar-refractivity contribution in [2.75, 3.05) is 0 Å². The van der Waals surface area contributed by atoms with Crippen LogP contribution in [0.15, 0.2) is 24.4 Å². The SMILES string of the molecule is CC#N.C[n+]1ccccc1Cl.[I-]. The molecule has 0 aromatic carbocycles. The number of rotatable bonds is 0. The van der Waals surface area contributed by atoms with Gasteiger partial charge in [0.25, 0.3) is 5.15 Å². The highest BCUT2D eigenvalue weighted by atomic mass is 127. The summed E-state index contributed by atoms with van der Waals surface area (Å²) in [6.45, 7) is 1.43. The van der Waals surface area contributed by atoms with Crippen LogP contribution in [0.1, 0.15) is 6.92 Å². The quantitative estimate of drug-likeness (QED) is 0.332. The normalized spacial score (nSPS) is 6.83. The third kappa shape index (κ3) is 6.38. The Morgan fingerprint density at radius 1 is 1.50 bits per heavy atom. The summed E-state index contributed by atoms with van der Waals surface area (Å²) >= 11 is 5.67. The van der Waals surface area contributed by atoms with Gasteiger partial charge in [0, 0.05) is 19.1 Å². The minimum atomic E-state index is 0. The molecule has 0 fully saturated rings. The molecule has 0 atom stereocenters. The third-order valence-corrected chi connectivity index (χ3v) is 1.38. The lowest BCUT2D eigenvalue weighted by atomic mass is 10.5. The molecule has 12 heavy (non-hydrogen) atoms. The summed E-state index contributed by atoms with van der Waals surface area (Å²) in [5.41, 5.74) is 0. The zero-order valence-corrected chi connectivity index (χ0v) is 9.87. The van der Waals surface area contributed by atoms with E-state index in [1.807, 2.05) is 36.0 Å². The van der Waals surface area contributed by atoms with Gasteiger partial charge in [-0.2, -0.15) is 9.83 Å². The van der Waals surface area contributed by atoms with Crippen molar-refractivity contribution in [1.82, 2.24) is 0 Å². The minimum Gasteiger partial charge on any atom is -1.00 e. The average molecular weight is 297 g/mol. The molecule has 1 rings (SSSR count). The Morgan fingerprint density at radius 3 is 2.25 bits per heavy atom. The monoisotopic (exact) mass is 296 g/mol. The molecule has 0 saturated carbocycles. The standard InChI is InChI=1S/C6H7ClN.C2H3N.HI/c1-8-5-3-2-4-6(8)7;1-2-3;/h2-5H,1H3;1H3;1H/q+1;;/p-1. The Kier molecular flexibility index (Phi) is 10.4. The predicted molar refractivity (Wildman–Crippen MR) is 43.9 cm³/mol. The number of nitrogens with zero attached hydrogens (tertiary/aromatic N) is 2. The maximum atomic E-state index is 7.32. The summed E-state index contributed by atoms with van der Waals surface area (Å²) in [6, 6.07) is 7.44. The van der Waals surface area contributed by atoms with Crippen molar-refractivity contribution in [2.24, 2.45) is 7.05 Å². The molecule has 0 spiro atoms. The number of aromatic nitrogens is 1. The molecule has 0 aliphatic rings. The van der Waals surface area contributed by atoms with Gasteiger partial charge in [-0.05, 0) is 17.7 Å². The molecule has 0 bridgehead atoms. The van der Waals surface area contributed by atoms with E-state index in [-0.39, 0.29) is 24.0 Å². The molecule has 1 aromatic heterocycles. The molecule has 4 heteroatoms. The van der Waals surface area contributed by atoms with E-state index in [2.05, 4.69) is 0 Å². The van der Waals surface area contributed by atoms with Crippen molar-refractivity contribution < 1.29 is 28.5 Å². The summed E-state index contributed by atoms with van der Waals surface area (Å²) in [5, 5.41) is 8.08. The van der Waals surface area contributed by atoms with Crippen molar-refractivity contribution in [3.8, 4) is 6.07 Å². The number of aryl methyl sites for hydroxylation is 1. The molecule has 0 aliphatic carbocycles. The molecular formula is C8H10ClIN2. The zero-order valence-electron chi connectivity index (χ0n) is 6.96. The summed E-state index contributed by atoms with van der Waals surface area (Å²) in [5.74, 6) is 0. The van der Waals surface area contributed by atoms with Crippen LogP contribution < -0.4 is 28.5 Å². The lowest BCUT2D eigenvalue weighted by molar-refractivity contribution is -0.669. The van der Waals surface area contributed by atoms with Gasteiger partial charge in [0.15, 0.2) is 6.20 Å². The molecule has 0 N–H and O–H groups in total. The fourth-order valence-corrected chi connectivity index (χ4v) is 0.632. The number of halogens is 2. The summed E-state index contributed by atoms with van der Waals surface area (Å²) in [4.78, 5) is 0. The molecule has 0 aliphatic heterocycles. The van der Waals surface area contributed by atoms with Gasteiger partial charge in [0.2, 0.25) is 0 Å². The molecule has 0 radical (unpaired) electrons. The van der Waals surface area contributed by atoms with Crippen LogP contribution >= 0.6 is 11.6 Å². The van der Waals surface area contributed by atoms with Gasteiger partial charge in [0.1, 0.15) is 7.05 Å². The Balaban J connectivity index is 0. The van der Waals surface area contributed by atoms with Crippen LogP contribution in [0.5, 0.6) is 0 Å². The molecule has 1 aromatic rings. The van der Waals surface area contributed by atoms with E-state index in [9.17, 15) is 0 Å². The van der Waals surface area contributed by atoms with Crippen LogP contribution in [-0.4, -0.2) is 0 Å². The van der Waals surface area contributed by atoms with Crippen LogP contribution in [0, 0.1) is 11.3 Å². The Morgan fingerprint density at radius 2 is 2.00 bits per heavy atom. The van der Waals surface area contributed by atoms with Crippen molar-refractivity contribution in [2.45, 2.75) is 6.92 Å². The predicted octanol–water partition coefficient (Wildman–Crippen LogP) is -1.30. The Labute approximate surface area is 94.8 Å². The van der Waals surface area contributed by atoms with Gasteiger partial charge in [-0.25, -0.2) is 0 Å². The van der Waals surface area contributed by atoms with Gasteiger partial charge in [0.05, 0.1) is 6.07 Å². The largest absolute Gasteiger partial charge is 1.00 e. The minimum absolute atomic E-state index is 0. The molecule has 0 amide bonds. The first-order valence-corrected chi connectivity index (χ1v) is 3.51. The molecule has 1 heterocycles. The van der Waals surface area contributed by atoms with Gasteiger partial charge in [-0.1, -0.05) is 0 Å². The fourth-order valence-electron chi connectivity index (χ4n) is 0.503. The van der Waals surface area contributed by atoms with Crippen LogP contribution in [0.4, 0.5) is 0 Å².